The van der Waals surface area contributed by atoms with Gasteiger partial charge in [-0.2, -0.15) is 13.2 Å². The summed E-state index contributed by atoms with van der Waals surface area (Å²) in [5.74, 6) is 0.270. The predicted molar refractivity (Wildman–Crippen MR) is 58.1 cm³/mol. The molecule has 1 aromatic heterocycles. The molecule has 0 aliphatic heterocycles. The number of nitrogens with zero attached hydrogens (tertiary/aromatic N) is 2. The number of nitrogens with two attached hydrogens (primary N) is 1. The Bertz CT molecular complexity index is 357. The molecule has 0 saturated carbocycles. The zero-order chi connectivity index (χ0) is 12.9. The van der Waals surface area contributed by atoms with Crippen molar-refractivity contribution in [2.75, 3.05) is 31.6 Å². The first-order valence-corrected chi connectivity index (χ1v) is 4.98. The molecule has 0 atom stereocenters. The highest BCUT2D eigenvalue weighted by Gasteiger charge is 2.30. The van der Waals surface area contributed by atoms with Gasteiger partial charge < -0.3 is 15.4 Å². The zero-order valence-corrected chi connectivity index (χ0v) is 9.37. The summed E-state index contributed by atoms with van der Waals surface area (Å²) in [6, 6.07) is 2.94. The van der Waals surface area contributed by atoms with Crippen LogP contribution in [0.2, 0.25) is 0 Å². The molecule has 0 aliphatic carbocycles. The third-order valence-corrected chi connectivity index (χ3v) is 2.06. The Morgan fingerprint density at radius 3 is 2.71 bits per heavy atom. The van der Waals surface area contributed by atoms with Gasteiger partial charge >= 0.3 is 6.18 Å². The molecule has 0 fully saturated rings. The van der Waals surface area contributed by atoms with Gasteiger partial charge in [0.1, 0.15) is 6.54 Å². The van der Waals surface area contributed by atoms with Gasteiger partial charge in [-0.15, -0.1) is 0 Å². The highest BCUT2D eigenvalue weighted by Crippen LogP contribution is 2.23. The Morgan fingerprint density at radius 1 is 1.47 bits per heavy atom. The summed E-state index contributed by atoms with van der Waals surface area (Å²) in [7, 11) is 1.41. The van der Waals surface area contributed by atoms with E-state index in [1.807, 2.05) is 0 Å². The largest absolute Gasteiger partial charge is 0.481 e. The van der Waals surface area contributed by atoms with Crippen molar-refractivity contribution < 1.29 is 17.9 Å². The summed E-state index contributed by atoms with van der Waals surface area (Å²) in [5.41, 5.74) is 5.69. The van der Waals surface area contributed by atoms with Gasteiger partial charge in [-0.3, -0.25) is 0 Å². The van der Waals surface area contributed by atoms with Crippen LogP contribution >= 0.6 is 0 Å². The maximum absolute atomic E-state index is 12.4. The first-order valence-electron chi connectivity index (χ1n) is 4.98. The molecular formula is C10H14F3N3O. The fourth-order valence-electron chi connectivity index (χ4n) is 1.38. The summed E-state index contributed by atoms with van der Waals surface area (Å²) < 4.78 is 42.0. The van der Waals surface area contributed by atoms with Gasteiger partial charge in [0.25, 0.3) is 0 Å². The van der Waals surface area contributed by atoms with Crippen LogP contribution in [0.3, 0.4) is 0 Å². The lowest BCUT2D eigenvalue weighted by Gasteiger charge is -2.25. The number of rotatable bonds is 5. The SMILES string of the molecule is COc1cc(N(CCN)CC(F)(F)F)ccn1. The van der Waals surface area contributed by atoms with Crippen molar-refractivity contribution in [1.82, 2.24) is 4.98 Å². The van der Waals surface area contributed by atoms with E-state index in [1.165, 1.54) is 25.4 Å². The van der Waals surface area contributed by atoms with Gasteiger partial charge in [-0.1, -0.05) is 0 Å². The van der Waals surface area contributed by atoms with Crippen molar-refractivity contribution >= 4 is 5.69 Å². The van der Waals surface area contributed by atoms with Crippen molar-refractivity contribution in [1.29, 1.82) is 0 Å². The van der Waals surface area contributed by atoms with Crippen LogP contribution in [0.1, 0.15) is 0 Å². The topological polar surface area (TPSA) is 51.4 Å². The number of alkyl halides is 3. The molecule has 0 aromatic carbocycles. The molecule has 0 spiro atoms. The second kappa shape index (κ2) is 5.72. The molecule has 17 heavy (non-hydrogen) atoms. The highest BCUT2D eigenvalue weighted by atomic mass is 19.4. The van der Waals surface area contributed by atoms with Crippen LogP contribution in [-0.4, -0.2) is 37.9 Å². The molecular weight excluding hydrogens is 235 g/mol. The Kier molecular flexibility index (Phi) is 4.56. The third-order valence-electron chi connectivity index (χ3n) is 2.06. The normalized spacial score (nSPS) is 11.4. The van der Waals surface area contributed by atoms with E-state index >= 15 is 0 Å². The fraction of sp³-hybridized carbons (Fsp3) is 0.500. The number of pyridine rings is 1. The van der Waals surface area contributed by atoms with E-state index in [2.05, 4.69) is 4.98 Å². The van der Waals surface area contributed by atoms with Crippen molar-refractivity contribution in [2.24, 2.45) is 5.73 Å². The van der Waals surface area contributed by atoms with Crippen LogP contribution in [0.4, 0.5) is 18.9 Å². The molecule has 7 heteroatoms. The molecule has 0 bridgehead atoms. The van der Waals surface area contributed by atoms with E-state index in [4.69, 9.17) is 10.5 Å². The minimum atomic E-state index is -4.27. The summed E-state index contributed by atoms with van der Waals surface area (Å²) >= 11 is 0. The van der Waals surface area contributed by atoms with E-state index in [-0.39, 0.29) is 19.0 Å². The average Bonchev–Trinajstić information content (AvgIpc) is 2.27. The number of ether oxygens (including phenoxy) is 1. The molecule has 4 nitrogen and oxygen atoms in total. The van der Waals surface area contributed by atoms with E-state index in [1.54, 1.807) is 0 Å². The Balaban J connectivity index is 2.88. The van der Waals surface area contributed by atoms with Gasteiger partial charge in [0.05, 0.1) is 7.11 Å². The van der Waals surface area contributed by atoms with E-state index in [0.29, 0.717) is 5.69 Å². The van der Waals surface area contributed by atoms with Crippen molar-refractivity contribution in [3.05, 3.63) is 18.3 Å². The Morgan fingerprint density at radius 2 is 2.18 bits per heavy atom. The molecule has 0 amide bonds. The zero-order valence-electron chi connectivity index (χ0n) is 9.37. The molecule has 1 rings (SSSR count). The number of hydrogen-bond donors (Lipinski definition) is 1. The van der Waals surface area contributed by atoms with Gasteiger partial charge in [0, 0.05) is 31.0 Å². The van der Waals surface area contributed by atoms with Crippen LogP contribution in [0.15, 0.2) is 18.3 Å². The molecule has 0 aliphatic rings. The van der Waals surface area contributed by atoms with Crippen LogP contribution in [0, 0.1) is 0 Å². The second-order valence-corrected chi connectivity index (χ2v) is 3.38. The van der Waals surface area contributed by atoms with E-state index in [9.17, 15) is 13.2 Å². The number of hydrogen-bond acceptors (Lipinski definition) is 4. The number of anilines is 1. The highest BCUT2D eigenvalue weighted by molar-refractivity contribution is 5.48. The standard InChI is InChI=1S/C10H14F3N3O/c1-17-9-6-8(2-4-15-9)16(5-3-14)7-10(11,12)13/h2,4,6H,3,5,7,14H2,1H3. The van der Waals surface area contributed by atoms with Crippen molar-refractivity contribution in [3.63, 3.8) is 0 Å². The molecule has 96 valence electrons. The minimum absolute atomic E-state index is 0.118. The quantitative estimate of drug-likeness (QED) is 0.857. The monoisotopic (exact) mass is 249 g/mol. The number of halogens is 3. The van der Waals surface area contributed by atoms with Gasteiger partial charge in [-0.25, -0.2) is 4.98 Å². The molecule has 0 unspecified atom stereocenters. The maximum Gasteiger partial charge on any atom is 0.405 e. The van der Waals surface area contributed by atoms with Gasteiger partial charge in [-0.05, 0) is 6.07 Å². The molecule has 2 N–H and O–H groups in total. The first kappa shape index (κ1) is 13.6. The summed E-state index contributed by atoms with van der Waals surface area (Å²) in [4.78, 5) is 4.98. The summed E-state index contributed by atoms with van der Waals surface area (Å²) in [6.07, 6.45) is -2.88. The van der Waals surface area contributed by atoms with Crippen molar-refractivity contribution in [3.8, 4) is 5.88 Å². The first-order chi connectivity index (χ1) is 7.96. The predicted octanol–water partition coefficient (Wildman–Crippen LogP) is 1.42. The smallest absolute Gasteiger partial charge is 0.405 e. The number of methoxy groups -OCH3 is 1. The van der Waals surface area contributed by atoms with Crippen LogP contribution < -0.4 is 15.4 Å². The maximum atomic E-state index is 12.4. The summed E-state index contributed by atoms with van der Waals surface area (Å²) in [5, 5.41) is 0. The van der Waals surface area contributed by atoms with E-state index in [0.717, 1.165) is 4.90 Å². The fourth-order valence-corrected chi connectivity index (χ4v) is 1.38. The van der Waals surface area contributed by atoms with Crippen LogP contribution in [0.25, 0.3) is 0 Å². The number of aromatic nitrogens is 1. The summed E-state index contributed by atoms with van der Waals surface area (Å²) in [6.45, 7) is -0.787. The van der Waals surface area contributed by atoms with Crippen LogP contribution in [-0.2, 0) is 0 Å². The average molecular weight is 249 g/mol. The molecule has 1 aromatic rings. The lowest BCUT2D eigenvalue weighted by Crippen LogP contribution is -2.37. The minimum Gasteiger partial charge on any atom is -0.481 e. The van der Waals surface area contributed by atoms with Gasteiger partial charge in [0.2, 0.25) is 5.88 Å². The lowest BCUT2D eigenvalue weighted by molar-refractivity contribution is -0.119. The molecule has 0 radical (unpaired) electrons. The Hall–Kier alpha value is -1.50. The lowest BCUT2D eigenvalue weighted by atomic mass is 10.3. The molecule has 1 heterocycles. The van der Waals surface area contributed by atoms with Crippen molar-refractivity contribution in [2.45, 2.75) is 6.18 Å². The second-order valence-electron chi connectivity index (χ2n) is 3.38. The van der Waals surface area contributed by atoms with Crippen LogP contribution in [0.5, 0.6) is 5.88 Å². The third kappa shape index (κ3) is 4.48. The van der Waals surface area contributed by atoms with E-state index < -0.39 is 12.7 Å². The Labute approximate surface area is 97.2 Å². The molecule has 0 saturated heterocycles. The van der Waals surface area contributed by atoms with Gasteiger partial charge in [0.15, 0.2) is 0 Å².